The summed E-state index contributed by atoms with van der Waals surface area (Å²) >= 11 is 0. The molecule has 0 aromatic heterocycles. The number of ether oxygens (including phenoxy) is 3. The average molecular weight is 775 g/mol. The highest BCUT2D eigenvalue weighted by molar-refractivity contribution is 6.04. The van der Waals surface area contributed by atoms with E-state index in [-0.39, 0.29) is 18.8 Å². The van der Waals surface area contributed by atoms with Gasteiger partial charge in [0.2, 0.25) is 5.78 Å². The molecule has 1 saturated carbocycles. The van der Waals surface area contributed by atoms with Gasteiger partial charge in [-0.2, -0.15) is 0 Å². The first-order valence-corrected chi connectivity index (χ1v) is 19.2. The molecule has 5 aromatic carbocycles. The molecule has 58 heavy (non-hydrogen) atoms. The molecule has 0 N–H and O–H groups in total. The average Bonchev–Trinajstić information content (AvgIpc) is 3.57. The van der Waals surface area contributed by atoms with Crippen molar-refractivity contribution < 1.29 is 37.8 Å². The molecule has 0 aliphatic heterocycles. The van der Waals surface area contributed by atoms with Crippen molar-refractivity contribution in [1.29, 1.82) is 0 Å². The number of esters is 3. The Balaban J connectivity index is 1.26. The van der Waals surface area contributed by atoms with Crippen LogP contribution in [0, 0.1) is 29.5 Å². The first kappa shape index (κ1) is 40.8. The van der Waals surface area contributed by atoms with Crippen molar-refractivity contribution in [2.75, 3.05) is 7.11 Å². The summed E-state index contributed by atoms with van der Waals surface area (Å²) in [5.74, 6) is 1.92. The van der Waals surface area contributed by atoms with Gasteiger partial charge < -0.3 is 14.2 Å². The Bertz CT molecular complexity index is 2300. The first-order valence-electron chi connectivity index (χ1n) is 19.2. The summed E-state index contributed by atoms with van der Waals surface area (Å²) < 4.78 is 30.9. The highest BCUT2D eigenvalue weighted by atomic mass is 19.1. The second kappa shape index (κ2) is 20.4. The monoisotopic (exact) mass is 774 g/mol. The van der Waals surface area contributed by atoms with Crippen LogP contribution in [0.2, 0.25) is 0 Å². The van der Waals surface area contributed by atoms with Crippen molar-refractivity contribution in [3.63, 3.8) is 0 Å². The van der Waals surface area contributed by atoms with Gasteiger partial charge in [-0.05, 0) is 96.0 Å². The van der Waals surface area contributed by atoms with Crippen LogP contribution in [-0.2, 0) is 23.8 Å². The van der Waals surface area contributed by atoms with Gasteiger partial charge in [-0.3, -0.25) is 9.59 Å². The molecule has 0 bridgehead atoms. The molecule has 292 valence electrons. The number of hydrogen-bond acceptors (Lipinski definition) is 7. The number of rotatable bonds is 14. The molecular formula is C50H43FO7. The normalized spacial score (nSPS) is 17.3. The van der Waals surface area contributed by atoms with Gasteiger partial charge in [0.25, 0.3) is 0 Å². The molecule has 6 rings (SSSR count). The minimum absolute atomic E-state index is 0.181. The smallest absolute Gasteiger partial charge is 0.338 e. The zero-order valence-corrected chi connectivity index (χ0v) is 32.1. The largest absolute Gasteiger partial charge is 0.469 e. The Kier molecular flexibility index (Phi) is 14.3. The maximum absolute atomic E-state index is 13.7. The molecular weight excluding hydrogens is 732 g/mol. The molecule has 1 aliphatic carbocycles. The molecule has 4 atom stereocenters. The van der Waals surface area contributed by atoms with E-state index in [1.165, 1.54) is 31.4 Å². The van der Waals surface area contributed by atoms with Crippen molar-refractivity contribution in [3.8, 4) is 34.1 Å². The van der Waals surface area contributed by atoms with Gasteiger partial charge in [0.1, 0.15) is 18.0 Å². The van der Waals surface area contributed by atoms with Crippen molar-refractivity contribution in [2.45, 2.75) is 44.3 Å². The van der Waals surface area contributed by atoms with E-state index in [4.69, 9.17) is 14.2 Å². The summed E-state index contributed by atoms with van der Waals surface area (Å²) in [5, 5.41) is 0. The summed E-state index contributed by atoms with van der Waals surface area (Å²) in [6.45, 7) is 0. The molecule has 0 heterocycles. The van der Waals surface area contributed by atoms with Crippen LogP contribution in [0.25, 0.3) is 22.3 Å². The second-order valence-corrected chi connectivity index (χ2v) is 13.9. The molecule has 0 unspecified atom stereocenters. The molecule has 1 fully saturated rings. The maximum Gasteiger partial charge on any atom is 0.338 e. The Labute approximate surface area is 338 Å². The third kappa shape index (κ3) is 11.4. The molecule has 5 aromatic rings. The number of methoxy groups -OCH3 is 1. The minimum atomic E-state index is -0.766. The van der Waals surface area contributed by atoms with Crippen LogP contribution >= 0.6 is 0 Å². The number of carbonyl (C=O) groups is 4. The minimum Gasteiger partial charge on any atom is -0.469 e. The van der Waals surface area contributed by atoms with Crippen LogP contribution in [0.5, 0.6) is 0 Å². The highest BCUT2D eigenvalue weighted by Gasteiger charge is 2.46. The van der Waals surface area contributed by atoms with E-state index < -0.39 is 47.6 Å². The number of hydrogen-bond donors (Lipinski definition) is 0. The topological polar surface area (TPSA) is 96.0 Å². The van der Waals surface area contributed by atoms with Gasteiger partial charge in [-0.15, -0.1) is 0 Å². The van der Waals surface area contributed by atoms with Crippen LogP contribution in [0.3, 0.4) is 0 Å². The van der Waals surface area contributed by atoms with Crippen LogP contribution in [0.15, 0.2) is 158 Å². The predicted molar refractivity (Wildman–Crippen MR) is 221 cm³/mol. The Hall–Kier alpha value is -6.85. The zero-order chi connectivity index (χ0) is 40.7. The SMILES string of the molecule is COC(=O)CCC/C=C\C[C@@H]1[C@@H](/C=C/C(=O)C#Cc2cccc(F)c2)[C@H](OC(=O)c2ccc(-c3ccccc3)cc2)C[C@@H]1OC(=O)c1ccc(-c2ccccc2)cc1. The molecule has 7 nitrogen and oxygen atoms in total. The molecule has 0 amide bonds. The summed E-state index contributed by atoms with van der Waals surface area (Å²) in [4.78, 5) is 52.1. The summed E-state index contributed by atoms with van der Waals surface area (Å²) in [5.41, 5.74) is 4.99. The van der Waals surface area contributed by atoms with E-state index in [1.54, 1.807) is 36.4 Å². The quantitative estimate of drug-likeness (QED) is 0.0277. The van der Waals surface area contributed by atoms with Crippen molar-refractivity contribution in [3.05, 3.63) is 180 Å². The number of carbonyl (C=O) groups excluding carboxylic acids is 4. The number of halogens is 1. The third-order valence-corrected chi connectivity index (χ3v) is 10.0. The van der Waals surface area contributed by atoms with Gasteiger partial charge in [-0.25, -0.2) is 14.0 Å². The first-order chi connectivity index (χ1) is 28.3. The van der Waals surface area contributed by atoms with E-state index in [9.17, 15) is 23.6 Å². The number of allylic oxidation sites excluding steroid dienone is 3. The lowest BCUT2D eigenvalue weighted by molar-refractivity contribution is -0.140. The lowest BCUT2D eigenvalue weighted by atomic mass is 9.89. The lowest BCUT2D eigenvalue weighted by Crippen LogP contribution is -2.26. The maximum atomic E-state index is 13.7. The van der Waals surface area contributed by atoms with Gasteiger partial charge in [0.15, 0.2) is 0 Å². The summed E-state index contributed by atoms with van der Waals surface area (Å²) in [7, 11) is 1.35. The van der Waals surface area contributed by atoms with Crippen LogP contribution < -0.4 is 0 Å². The Morgan fingerprint density at radius 1 is 0.690 bits per heavy atom. The molecule has 0 saturated heterocycles. The zero-order valence-electron chi connectivity index (χ0n) is 32.1. The van der Waals surface area contributed by atoms with E-state index in [0.717, 1.165) is 22.3 Å². The van der Waals surface area contributed by atoms with E-state index in [2.05, 4.69) is 11.8 Å². The molecule has 0 spiro atoms. The van der Waals surface area contributed by atoms with Crippen LogP contribution in [0.4, 0.5) is 4.39 Å². The van der Waals surface area contributed by atoms with Crippen LogP contribution in [0.1, 0.15) is 58.4 Å². The lowest BCUT2D eigenvalue weighted by Gasteiger charge is -2.23. The standard InChI is InChI=1S/C50H43FO7/c1-56-48(53)20-11-3-2-10-19-44-45(32-31-43(52)30-21-35-13-12-18-42(51)33-35)47(58-50(55)41-28-24-39(25-29-41)37-16-8-5-9-17-37)34-46(44)57-49(54)40-26-22-38(23-27-40)36-14-6-4-7-15-36/h2,4-10,12-18,22-29,31-33,44-47H,3,11,19-20,34H2,1H3/b10-2-,32-31+/t44-,45-,46+,47-/m1/s1. The van der Waals surface area contributed by atoms with Gasteiger partial charge in [0, 0.05) is 30.2 Å². The number of benzene rings is 5. The molecule has 0 radical (unpaired) electrons. The fraction of sp³-hybridized carbons (Fsp3) is 0.200. The number of unbranched alkanes of at least 4 members (excludes halogenated alkanes) is 1. The predicted octanol–water partition coefficient (Wildman–Crippen LogP) is 10.0. The fourth-order valence-corrected chi connectivity index (χ4v) is 6.97. The van der Waals surface area contributed by atoms with E-state index in [1.807, 2.05) is 97.1 Å². The summed E-state index contributed by atoms with van der Waals surface area (Å²) in [6, 6.07) is 39.6. The second-order valence-electron chi connectivity index (χ2n) is 13.9. The van der Waals surface area contributed by atoms with Crippen LogP contribution in [-0.4, -0.2) is 43.0 Å². The van der Waals surface area contributed by atoms with Crippen molar-refractivity contribution in [2.24, 2.45) is 11.8 Å². The van der Waals surface area contributed by atoms with E-state index in [0.29, 0.717) is 36.0 Å². The van der Waals surface area contributed by atoms with Gasteiger partial charge >= 0.3 is 17.9 Å². The van der Waals surface area contributed by atoms with Gasteiger partial charge in [-0.1, -0.05) is 115 Å². The summed E-state index contributed by atoms with van der Waals surface area (Å²) in [6.07, 6.45) is 7.53. The van der Waals surface area contributed by atoms with Crippen molar-refractivity contribution >= 4 is 23.7 Å². The van der Waals surface area contributed by atoms with E-state index >= 15 is 0 Å². The highest BCUT2D eigenvalue weighted by Crippen LogP contribution is 2.41. The Morgan fingerprint density at radius 2 is 1.26 bits per heavy atom. The molecule has 1 aliphatic rings. The van der Waals surface area contributed by atoms with Gasteiger partial charge in [0.05, 0.1) is 18.2 Å². The third-order valence-electron chi connectivity index (χ3n) is 10.0. The fourth-order valence-electron chi connectivity index (χ4n) is 6.97. The Morgan fingerprint density at radius 3 is 1.83 bits per heavy atom. The van der Waals surface area contributed by atoms with Crippen molar-refractivity contribution in [1.82, 2.24) is 0 Å². The molecule has 8 heteroatoms. The number of ketones is 1.